The van der Waals surface area contributed by atoms with Crippen LogP contribution in [-0.4, -0.2) is 26.9 Å². The molecule has 0 aliphatic heterocycles. The van der Waals surface area contributed by atoms with Gasteiger partial charge in [-0.3, -0.25) is 4.79 Å². The molecule has 0 unspecified atom stereocenters. The third kappa shape index (κ3) is 3.82. The summed E-state index contributed by atoms with van der Waals surface area (Å²) in [6.07, 6.45) is 3.04. The Morgan fingerprint density at radius 3 is 2.43 bits per heavy atom. The highest BCUT2D eigenvalue weighted by Gasteiger charge is 2.11. The van der Waals surface area contributed by atoms with Gasteiger partial charge in [0.05, 0.1) is 5.69 Å². The Hall–Kier alpha value is -2.82. The van der Waals surface area contributed by atoms with E-state index in [4.69, 9.17) is 10.2 Å². The van der Waals surface area contributed by atoms with Crippen molar-refractivity contribution in [2.45, 2.75) is 13.3 Å². The molecular weight excluding hydrogens is 270 g/mol. The number of allylic oxidation sites excluding steroid dienone is 1. The normalized spacial score (nSPS) is 11.4. The molecule has 1 aromatic heterocycles. The summed E-state index contributed by atoms with van der Waals surface area (Å²) in [6.45, 7) is 2.01. The second-order valence-electron chi connectivity index (χ2n) is 4.78. The summed E-state index contributed by atoms with van der Waals surface area (Å²) in [5.41, 5.74) is 3.44. The number of carbonyl (C=O) groups is 2. The summed E-state index contributed by atoms with van der Waals surface area (Å²) in [4.78, 5) is 25.0. The lowest BCUT2D eigenvalue weighted by molar-refractivity contribution is -0.135. The quantitative estimate of drug-likeness (QED) is 0.447. The first kappa shape index (κ1) is 14.6. The first-order valence-electron chi connectivity index (χ1n) is 6.37. The average Bonchev–Trinajstić information content (AvgIpc) is 2.90. The van der Waals surface area contributed by atoms with Crippen molar-refractivity contribution in [2.24, 2.45) is 0 Å². The zero-order chi connectivity index (χ0) is 15.4. The summed E-state index contributed by atoms with van der Waals surface area (Å²) >= 11 is 0. The molecule has 0 saturated heterocycles. The van der Waals surface area contributed by atoms with Gasteiger partial charge in [-0.25, -0.2) is 4.79 Å². The highest BCUT2D eigenvalue weighted by molar-refractivity contribution is 6.06. The second-order valence-corrected chi connectivity index (χ2v) is 4.78. The number of carboxylic acid groups (broad SMARTS) is 1. The van der Waals surface area contributed by atoms with Crippen molar-refractivity contribution in [2.75, 3.05) is 0 Å². The van der Waals surface area contributed by atoms with Gasteiger partial charge in [0.1, 0.15) is 0 Å². The largest absolute Gasteiger partial charge is 0.502 e. The fourth-order valence-electron chi connectivity index (χ4n) is 1.89. The second kappa shape index (κ2) is 6.09. The van der Waals surface area contributed by atoms with Gasteiger partial charge in [0.15, 0.2) is 0 Å². The number of carboxylic acids is 1. The minimum absolute atomic E-state index is 0.241. The predicted molar refractivity (Wildman–Crippen MR) is 77.5 cm³/mol. The number of aliphatic hydroxyl groups is 1. The molecule has 0 radical (unpaired) electrons. The van der Waals surface area contributed by atoms with E-state index in [0.29, 0.717) is 12.5 Å². The van der Waals surface area contributed by atoms with Crippen LogP contribution in [0.5, 0.6) is 0 Å². The SMILES string of the molecule is Cc1ccc(Cc2c[nH]c(C(=O)/C=C(\O)C(=O)O)c2)cc1. The van der Waals surface area contributed by atoms with Gasteiger partial charge >= 0.3 is 5.97 Å². The highest BCUT2D eigenvalue weighted by atomic mass is 16.4. The molecule has 2 aromatic rings. The maximum Gasteiger partial charge on any atom is 0.371 e. The number of nitrogens with one attached hydrogen (secondary N) is 1. The van der Waals surface area contributed by atoms with Gasteiger partial charge in [-0.1, -0.05) is 29.8 Å². The number of H-pyrrole nitrogens is 1. The molecule has 5 heteroatoms. The Bertz CT molecular complexity index is 695. The molecule has 0 fully saturated rings. The third-order valence-electron chi connectivity index (χ3n) is 3.02. The molecule has 3 N–H and O–H groups in total. The van der Waals surface area contributed by atoms with Crippen molar-refractivity contribution < 1.29 is 19.8 Å². The van der Waals surface area contributed by atoms with Crippen molar-refractivity contribution in [3.8, 4) is 0 Å². The number of aromatic amines is 1. The van der Waals surface area contributed by atoms with Crippen LogP contribution in [0.25, 0.3) is 0 Å². The van der Waals surface area contributed by atoms with Crippen LogP contribution in [0, 0.1) is 6.92 Å². The molecule has 5 nitrogen and oxygen atoms in total. The van der Waals surface area contributed by atoms with Gasteiger partial charge in [-0.05, 0) is 30.5 Å². The molecule has 0 bridgehead atoms. The summed E-state index contributed by atoms with van der Waals surface area (Å²) in [7, 11) is 0. The molecule has 0 amide bonds. The molecule has 108 valence electrons. The van der Waals surface area contributed by atoms with Crippen LogP contribution in [0.4, 0.5) is 0 Å². The molecule has 1 aromatic carbocycles. The van der Waals surface area contributed by atoms with Crippen LogP contribution in [0.2, 0.25) is 0 Å². The van der Waals surface area contributed by atoms with E-state index in [1.807, 2.05) is 31.2 Å². The number of aliphatic hydroxyl groups excluding tert-OH is 1. The first-order chi connectivity index (χ1) is 9.95. The van der Waals surface area contributed by atoms with Gasteiger partial charge in [0, 0.05) is 12.3 Å². The monoisotopic (exact) mass is 285 g/mol. The number of hydrogen-bond acceptors (Lipinski definition) is 3. The minimum Gasteiger partial charge on any atom is -0.502 e. The van der Waals surface area contributed by atoms with Gasteiger partial charge in [0.2, 0.25) is 11.5 Å². The van der Waals surface area contributed by atoms with Crippen molar-refractivity contribution >= 4 is 11.8 Å². The summed E-state index contributed by atoms with van der Waals surface area (Å²) in [5, 5.41) is 17.6. The molecule has 1 heterocycles. The van der Waals surface area contributed by atoms with Crippen molar-refractivity contribution in [1.82, 2.24) is 4.98 Å². The third-order valence-corrected chi connectivity index (χ3v) is 3.02. The molecule has 0 saturated carbocycles. The summed E-state index contributed by atoms with van der Waals surface area (Å²) in [6, 6.07) is 9.71. The number of carbonyl (C=O) groups excluding carboxylic acids is 1. The van der Waals surface area contributed by atoms with Crippen LogP contribution < -0.4 is 0 Å². The first-order valence-corrected chi connectivity index (χ1v) is 6.37. The van der Waals surface area contributed by atoms with Gasteiger partial charge < -0.3 is 15.2 Å². The zero-order valence-corrected chi connectivity index (χ0v) is 11.5. The number of hydrogen-bond donors (Lipinski definition) is 3. The van der Waals surface area contributed by atoms with Crippen LogP contribution in [-0.2, 0) is 11.2 Å². The van der Waals surface area contributed by atoms with E-state index in [0.717, 1.165) is 11.1 Å². The van der Waals surface area contributed by atoms with E-state index in [1.54, 1.807) is 12.3 Å². The smallest absolute Gasteiger partial charge is 0.371 e. The maximum atomic E-state index is 11.7. The van der Waals surface area contributed by atoms with E-state index >= 15 is 0 Å². The molecule has 0 atom stereocenters. The lowest BCUT2D eigenvalue weighted by atomic mass is 10.1. The van der Waals surface area contributed by atoms with Crippen molar-refractivity contribution in [1.29, 1.82) is 0 Å². The predicted octanol–water partition coefficient (Wildman–Crippen LogP) is 2.62. The summed E-state index contributed by atoms with van der Waals surface area (Å²) in [5.74, 6) is -3.09. The Balaban J connectivity index is 2.11. The van der Waals surface area contributed by atoms with Crippen molar-refractivity contribution in [3.63, 3.8) is 0 Å². The van der Waals surface area contributed by atoms with E-state index in [9.17, 15) is 9.59 Å². The number of aliphatic carboxylic acids is 1. The minimum atomic E-state index is -1.53. The lowest BCUT2D eigenvalue weighted by Crippen LogP contribution is -2.04. The summed E-state index contributed by atoms with van der Waals surface area (Å²) < 4.78 is 0. The molecular formula is C16H15NO4. The lowest BCUT2D eigenvalue weighted by Gasteiger charge is -1.99. The molecule has 2 rings (SSSR count). The molecule has 21 heavy (non-hydrogen) atoms. The fraction of sp³-hybridized carbons (Fsp3) is 0.125. The number of ketones is 1. The van der Waals surface area contributed by atoms with Crippen LogP contribution in [0.1, 0.15) is 27.2 Å². The number of aryl methyl sites for hydroxylation is 1. The zero-order valence-electron chi connectivity index (χ0n) is 11.5. The standard InChI is InChI=1S/C16H15NO4/c1-10-2-4-11(5-3-10)6-12-7-13(17-9-12)14(18)8-15(19)16(20)21/h2-5,7-9,17,19H,6H2,1H3,(H,20,21)/b15-8-. The fourth-order valence-corrected chi connectivity index (χ4v) is 1.89. The van der Waals surface area contributed by atoms with Crippen molar-refractivity contribution in [3.05, 3.63) is 70.7 Å². The van der Waals surface area contributed by atoms with E-state index < -0.39 is 17.5 Å². The Morgan fingerprint density at radius 1 is 1.14 bits per heavy atom. The average molecular weight is 285 g/mol. The molecule has 0 aliphatic carbocycles. The Labute approximate surface area is 121 Å². The highest BCUT2D eigenvalue weighted by Crippen LogP contribution is 2.13. The number of benzene rings is 1. The van der Waals surface area contributed by atoms with Crippen LogP contribution in [0.3, 0.4) is 0 Å². The molecule has 0 spiro atoms. The van der Waals surface area contributed by atoms with E-state index in [2.05, 4.69) is 4.98 Å². The number of aromatic nitrogens is 1. The Kier molecular flexibility index (Phi) is 4.23. The van der Waals surface area contributed by atoms with Gasteiger partial charge in [-0.2, -0.15) is 0 Å². The van der Waals surface area contributed by atoms with E-state index in [-0.39, 0.29) is 5.69 Å². The number of rotatable bonds is 5. The van der Waals surface area contributed by atoms with Gasteiger partial charge in [-0.15, -0.1) is 0 Å². The maximum absolute atomic E-state index is 11.7. The Morgan fingerprint density at radius 2 is 1.81 bits per heavy atom. The van der Waals surface area contributed by atoms with Crippen LogP contribution >= 0.6 is 0 Å². The van der Waals surface area contributed by atoms with Crippen LogP contribution in [0.15, 0.2) is 48.4 Å². The topological polar surface area (TPSA) is 90.4 Å². The van der Waals surface area contributed by atoms with E-state index in [1.165, 1.54) is 5.56 Å². The molecule has 0 aliphatic rings. The van der Waals surface area contributed by atoms with Gasteiger partial charge in [0.25, 0.3) is 0 Å².